The summed E-state index contributed by atoms with van der Waals surface area (Å²) in [5, 5.41) is 0. The molecule has 0 N–H and O–H groups in total. The fourth-order valence-electron chi connectivity index (χ4n) is 1.92. The standard InChI is InChI=1S/C11H15BrNS/c1-8(2)6-13-4-3-9-5-11(12)14-10(9)7-13/h5H,3-4,6-7H2,1-2H3. The summed E-state index contributed by atoms with van der Waals surface area (Å²) in [6, 6.07) is 2.28. The van der Waals surface area contributed by atoms with Crippen LogP contribution in [0.1, 0.15) is 24.3 Å². The van der Waals surface area contributed by atoms with Crippen molar-refractivity contribution >= 4 is 27.3 Å². The molecule has 0 spiro atoms. The van der Waals surface area contributed by atoms with Crippen LogP contribution in [0.4, 0.5) is 0 Å². The second-order valence-corrected chi connectivity index (χ2v) is 6.68. The fraction of sp³-hybridized carbons (Fsp3) is 0.545. The Bertz CT molecular complexity index is 319. The first-order valence-corrected chi connectivity index (χ1v) is 6.54. The largest absolute Gasteiger partial charge is 0.297 e. The van der Waals surface area contributed by atoms with Gasteiger partial charge in [-0.25, -0.2) is 0 Å². The first-order chi connectivity index (χ1) is 6.65. The zero-order valence-corrected chi connectivity index (χ0v) is 11.0. The topological polar surface area (TPSA) is 3.24 Å². The predicted molar refractivity (Wildman–Crippen MR) is 65.6 cm³/mol. The van der Waals surface area contributed by atoms with Crippen LogP contribution in [0.5, 0.6) is 0 Å². The number of fused-ring (bicyclic) bond motifs is 1. The lowest BCUT2D eigenvalue weighted by atomic mass is 10.1. The number of hydrogen-bond donors (Lipinski definition) is 0. The maximum Gasteiger partial charge on any atom is 0.0704 e. The van der Waals surface area contributed by atoms with Crippen molar-refractivity contribution in [3.8, 4) is 0 Å². The molecule has 1 aromatic heterocycles. The molecule has 1 nitrogen and oxygen atoms in total. The smallest absolute Gasteiger partial charge is 0.0704 e. The molecule has 2 heterocycles. The van der Waals surface area contributed by atoms with Crippen LogP contribution in [0.25, 0.3) is 0 Å². The molecule has 0 bridgehead atoms. The number of hydrogen-bond acceptors (Lipinski definition) is 2. The molecule has 0 atom stereocenters. The van der Waals surface area contributed by atoms with Crippen molar-refractivity contribution in [3.63, 3.8) is 0 Å². The minimum absolute atomic E-state index is 1.14. The summed E-state index contributed by atoms with van der Waals surface area (Å²) in [5.41, 5.74) is 1.55. The SMILES string of the molecule is C[C](C)CN1CCc2cc(Br)sc2C1. The molecule has 14 heavy (non-hydrogen) atoms. The van der Waals surface area contributed by atoms with E-state index in [9.17, 15) is 0 Å². The van der Waals surface area contributed by atoms with Gasteiger partial charge in [-0.05, 0) is 39.9 Å². The van der Waals surface area contributed by atoms with Crippen LogP contribution in [-0.2, 0) is 13.0 Å². The maximum atomic E-state index is 3.56. The second kappa shape index (κ2) is 4.33. The Balaban J connectivity index is 2.05. The number of rotatable bonds is 2. The van der Waals surface area contributed by atoms with Gasteiger partial charge in [0.25, 0.3) is 0 Å². The van der Waals surface area contributed by atoms with Gasteiger partial charge in [-0.3, -0.25) is 4.90 Å². The van der Waals surface area contributed by atoms with Crippen molar-refractivity contribution in [2.24, 2.45) is 0 Å². The molecule has 2 rings (SSSR count). The first-order valence-electron chi connectivity index (χ1n) is 4.93. The van der Waals surface area contributed by atoms with Crippen molar-refractivity contribution in [3.05, 3.63) is 26.2 Å². The summed E-state index contributed by atoms with van der Waals surface area (Å²) in [4.78, 5) is 4.07. The minimum Gasteiger partial charge on any atom is -0.297 e. The molecule has 77 valence electrons. The van der Waals surface area contributed by atoms with Crippen LogP contribution >= 0.6 is 27.3 Å². The van der Waals surface area contributed by atoms with E-state index in [1.165, 1.54) is 22.7 Å². The molecule has 0 fully saturated rings. The summed E-state index contributed by atoms with van der Waals surface area (Å²) >= 11 is 5.44. The van der Waals surface area contributed by atoms with E-state index in [2.05, 4.69) is 40.7 Å². The molecule has 0 aromatic carbocycles. The Morgan fingerprint density at radius 3 is 3.07 bits per heavy atom. The molecule has 1 aromatic rings. The van der Waals surface area contributed by atoms with Crippen LogP contribution in [0, 0.1) is 5.92 Å². The quantitative estimate of drug-likeness (QED) is 0.797. The Hall–Kier alpha value is 0.140. The summed E-state index contributed by atoms with van der Waals surface area (Å²) in [7, 11) is 0. The highest BCUT2D eigenvalue weighted by atomic mass is 79.9. The van der Waals surface area contributed by atoms with Gasteiger partial charge >= 0.3 is 0 Å². The van der Waals surface area contributed by atoms with E-state index in [4.69, 9.17) is 0 Å². The number of nitrogens with zero attached hydrogens (tertiary/aromatic N) is 1. The number of thiophene rings is 1. The summed E-state index contributed by atoms with van der Waals surface area (Å²) in [6.45, 7) is 7.91. The van der Waals surface area contributed by atoms with Crippen LogP contribution < -0.4 is 0 Å². The highest BCUT2D eigenvalue weighted by Gasteiger charge is 2.18. The minimum atomic E-state index is 1.14. The molecule has 1 aliphatic heterocycles. The van der Waals surface area contributed by atoms with Crippen LogP contribution in [0.15, 0.2) is 9.85 Å². The molecular weight excluding hydrogens is 258 g/mol. The van der Waals surface area contributed by atoms with Crippen molar-refractivity contribution < 1.29 is 0 Å². The van der Waals surface area contributed by atoms with Crippen molar-refractivity contribution in [1.29, 1.82) is 0 Å². The highest BCUT2D eigenvalue weighted by molar-refractivity contribution is 9.11. The fourth-order valence-corrected chi connectivity index (χ4v) is 3.76. The Morgan fingerprint density at radius 1 is 1.57 bits per heavy atom. The Labute approximate surface area is 98.2 Å². The van der Waals surface area contributed by atoms with Gasteiger partial charge in [-0.2, -0.15) is 0 Å². The van der Waals surface area contributed by atoms with E-state index in [0.717, 1.165) is 13.1 Å². The van der Waals surface area contributed by atoms with Crippen molar-refractivity contribution in [1.82, 2.24) is 4.90 Å². The van der Waals surface area contributed by atoms with Gasteiger partial charge in [0.1, 0.15) is 0 Å². The van der Waals surface area contributed by atoms with E-state index in [1.807, 2.05) is 11.3 Å². The molecule has 0 aliphatic carbocycles. The van der Waals surface area contributed by atoms with Gasteiger partial charge in [0.05, 0.1) is 3.79 Å². The van der Waals surface area contributed by atoms with Crippen LogP contribution in [0.2, 0.25) is 0 Å². The molecule has 0 amide bonds. The van der Waals surface area contributed by atoms with Gasteiger partial charge in [0.15, 0.2) is 0 Å². The van der Waals surface area contributed by atoms with E-state index < -0.39 is 0 Å². The molecule has 0 saturated heterocycles. The highest BCUT2D eigenvalue weighted by Crippen LogP contribution is 2.31. The van der Waals surface area contributed by atoms with E-state index >= 15 is 0 Å². The lowest BCUT2D eigenvalue weighted by Crippen LogP contribution is -2.32. The van der Waals surface area contributed by atoms with Gasteiger partial charge < -0.3 is 0 Å². The molecular formula is C11H15BrNS. The van der Waals surface area contributed by atoms with Crippen LogP contribution in [-0.4, -0.2) is 18.0 Å². The lowest BCUT2D eigenvalue weighted by molar-refractivity contribution is 0.268. The zero-order chi connectivity index (χ0) is 10.1. The van der Waals surface area contributed by atoms with E-state index in [1.54, 1.807) is 10.4 Å². The third-order valence-corrected chi connectivity index (χ3v) is 4.14. The normalized spacial score (nSPS) is 17.4. The predicted octanol–water partition coefficient (Wildman–Crippen LogP) is 3.48. The third kappa shape index (κ3) is 2.38. The third-order valence-electron chi connectivity index (χ3n) is 2.47. The van der Waals surface area contributed by atoms with Gasteiger partial charge in [-0.15, -0.1) is 11.3 Å². The van der Waals surface area contributed by atoms with E-state index in [0.29, 0.717) is 0 Å². The maximum absolute atomic E-state index is 3.56. The van der Waals surface area contributed by atoms with Crippen LogP contribution in [0.3, 0.4) is 0 Å². The van der Waals surface area contributed by atoms with Crippen molar-refractivity contribution in [2.75, 3.05) is 13.1 Å². The molecule has 1 radical (unpaired) electrons. The Kier molecular flexibility index (Phi) is 3.30. The van der Waals surface area contributed by atoms with E-state index in [-0.39, 0.29) is 0 Å². The Morgan fingerprint density at radius 2 is 2.36 bits per heavy atom. The summed E-state index contributed by atoms with van der Waals surface area (Å²) in [6.07, 6.45) is 1.21. The molecule has 3 heteroatoms. The molecule has 0 unspecified atom stereocenters. The van der Waals surface area contributed by atoms with Crippen molar-refractivity contribution in [2.45, 2.75) is 26.8 Å². The average molecular weight is 273 g/mol. The van der Waals surface area contributed by atoms with Gasteiger partial charge in [-0.1, -0.05) is 13.8 Å². The molecule has 0 saturated carbocycles. The van der Waals surface area contributed by atoms with Gasteiger partial charge in [0.2, 0.25) is 0 Å². The number of halogens is 1. The zero-order valence-electron chi connectivity index (χ0n) is 8.64. The molecule has 1 aliphatic rings. The lowest BCUT2D eigenvalue weighted by Gasteiger charge is -2.27. The second-order valence-electron chi connectivity index (χ2n) is 4.17. The summed E-state index contributed by atoms with van der Waals surface area (Å²) < 4.78 is 1.28. The summed E-state index contributed by atoms with van der Waals surface area (Å²) in [5.74, 6) is 1.50. The average Bonchev–Trinajstić information content (AvgIpc) is 2.42. The first kappa shape index (κ1) is 10.7. The monoisotopic (exact) mass is 272 g/mol. The van der Waals surface area contributed by atoms with Gasteiger partial charge in [0, 0.05) is 24.5 Å².